The van der Waals surface area contributed by atoms with Crippen molar-refractivity contribution in [3.8, 4) is 5.75 Å². The molecule has 2 amide bonds. The molecule has 0 N–H and O–H groups in total. The normalized spacial score (nSPS) is 17.0. The molecule has 29 heavy (non-hydrogen) atoms. The number of amides is 2. The van der Waals surface area contributed by atoms with Gasteiger partial charge in [0, 0.05) is 56.6 Å². The molecule has 0 aromatic heterocycles. The first-order chi connectivity index (χ1) is 14.1. The molecule has 2 fully saturated rings. The summed E-state index contributed by atoms with van der Waals surface area (Å²) >= 11 is 0. The number of rotatable bonds is 5. The number of carbonyl (C=O) groups excluding carboxylic acids is 2. The molecule has 2 aliphatic heterocycles. The van der Waals surface area contributed by atoms with E-state index >= 15 is 0 Å². The van der Waals surface area contributed by atoms with Gasteiger partial charge >= 0.3 is 0 Å². The number of ether oxygens (including phenoxy) is 1. The highest BCUT2D eigenvalue weighted by Crippen LogP contribution is 2.23. The number of nitrogens with zero attached hydrogens (tertiary/aromatic N) is 3. The number of hydrogen-bond donors (Lipinski definition) is 0. The van der Waals surface area contributed by atoms with Gasteiger partial charge in [-0.1, -0.05) is 18.2 Å². The Morgan fingerprint density at radius 1 is 0.966 bits per heavy atom. The summed E-state index contributed by atoms with van der Waals surface area (Å²) in [5.41, 5.74) is 3.04. The minimum absolute atomic E-state index is 0.153. The lowest BCUT2D eigenvalue weighted by Gasteiger charge is -2.36. The van der Waals surface area contributed by atoms with E-state index in [1.54, 1.807) is 7.11 Å². The fourth-order valence-electron chi connectivity index (χ4n) is 4.02. The van der Waals surface area contributed by atoms with Crippen LogP contribution in [0.5, 0.6) is 5.75 Å². The van der Waals surface area contributed by atoms with Crippen LogP contribution in [0, 0.1) is 0 Å². The van der Waals surface area contributed by atoms with Gasteiger partial charge in [0.2, 0.25) is 11.8 Å². The predicted octanol–water partition coefficient (Wildman–Crippen LogP) is 2.71. The minimum Gasteiger partial charge on any atom is -0.497 e. The molecule has 0 saturated carbocycles. The maximum atomic E-state index is 12.7. The van der Waals surface area contributed by atoms with Gasteiger partial charge in [-0.05, 0) is 36.2 Å². The highest BCUT2D eigenvalue weighted by molar-refractivity contribution is 5.95. The van der Waals surface area contributed by atoms with Crippen LogP contribution in [0.2, 0.25) is 0 Å². The van der Waals surface area contributed by atoms with Gasteiger partial charge in [-0.15, -0.1) is 0 Å². The van der Waals surface area contributed by atoms with Crippen molar-refractivity contribution in [1.29, 1.82) is 0 Å². The molecule has 2 aromatic rings. The molecule has 6 nitrogen and oxygen atoms in total. The summed E-state index contributed by atoms with van der Waals surface area (Å²) in [6.45, 7) is 3.85. The van der Waals surface area contributed by atoms with E-state index in [1.165, 1.54) is 0 Å². The molecule has 0 atom stereocenters. The Morgan fingerprint density at radius 3 is 2.38 bits per heavy atom. The first kappa shape index (κ1) is 19.3. The summed E-state index contributed by atoms with van der Waals surface area (Å²) in [7, 11) is 1.67. The average Bonchev–Trinajstić information content (AvgIpc) is 3.20. The second-order valence-electron chi connectivity index (χ2n) is 7.56. The lowest BCUT2D eigenvalue weighted by molar-refractivity contribution is -0.130. The largest absolute Gasteiger partial charge is 0.497 e. The van der Waals surface area contributed by atoms with E-state index in [0.29, 0.717) is 12.8 Å². The number of methoxy groups -OCH3 is 1. The molecule has 6 heteroatoms. The van der Waals surface area contributed by atoms with E-state index in [-0.39, 0.29) is 11.8 Å². The predicted molar refractivity (Wildman–Crippen MR) is 114 cm³/mol. The van der Waals surface area contributed by atoms with Crippen molar-refractivity contribution in [2.24, 2.45) is 0 Å². The van der Waals surface area contributed by atoms with Gasteiger partial charge in [-0.25, -0.2) is 0 Å². The Hall–Kier alpha value is -3.02. The van der Waals surface area contributed by atoms with Crippen molar-refractivity contribution >= 4 is 23.2 Å². The van der Waals surface area contributed by atoms with Gasteiger partial charge in [0.1, 0.15) is 5.75 Å². The maximum Gasteiger partial charge on any atom is 0.227 e. The van der Waals surface area contributed by atoms with Crippen LogP contribution in [0.25, 0.3) is 0 Å². The van der Waals surface area contributed by atoms with Crippen LogP contribution in [0.4, 0.5) is 11.4 Å². The highest BCUT2D eigenvalue weighted by Gasteiger charge is 2.23. The van der Waals surface area contributed by atoms with E-state index in [0.717, 1.165) is 61.8 Å². The molecular formula is C23H27N3O3. The molecule has 152 valence electrons. The smallest absolute Gasteiger partial charge is 0.227 e. The Morgan fingerprint density at radius 2 is 1.72 bits per heavy atom. The molecule has 0 unspecified atom stereocenters. The first-order valence-electron chi connectivity index (χ1n) is 10.2. The fraction of sp³-hybridized carbons (Fsp3) is 0.391. The number of piperazine rings is 1. The van der Waals surface area contributed by atoms with Gasteiger partial charge in [0.25, 0.3) is 0 Å². The third-order valence-electron chi connectivity index (χ3n) is 5.73. The third-order valence-corrected chi connectivity index (χ3v) is 5.73. The van der Waals surface area contributed by atoms with Gasteiger partial charge < -0.3 is 19.4 Å². The van der Waals surface area contributed by atoms with Crippen LogP contribution in [-0.4, -0.2) is 56.5 Å². The molecular weight excluding hydrogens is 366 g/mol. The fourth-order valence-corrected chi connectivity index (χ4v) is 4.02. The Kier molecular flexibility index (Phi) is 5.69. The molecule has 2 aliphatic rings. The number of benzene rings is 2. The van der Waals surface area contributed by atoms with Crippen LogP contribution in [-0.2, 0) is 16.0 Å². The Bertz CT molecular complexity index is 873. The summed E-state index contributed by atoms with van der Waals surface area (Å²) in [5, 5.41) is 0. The molecule has 0 aliphatic carbocycles. The number of anilines is 2. The van der Waals surface area contributed by atoms with Crippen LogP contribution < -0.4 is 14.5 Å². The van der Waals surface area contributed by atoms with Crippen molar-refractivity contribution in [3.05, 3.63) is 54.1 Å². The van der Waals surface area contributed by atoms with E-state index < -0.39 is 0 Å². The lowest BCUT2D eigenvalue weighted by atomic mass is 10.1. The van der Waals surface area contributed by atoms with Gasteiger partial charge in [-0.2, -0.15) is 0 Å². The standard InChI is InChI=1S/C23H27N3O3/c1-29-21-5-2-4-20(17-21)24-12-14-25(15-13-24)23(28)16-18-7-9-19(10-8-18)26-11-3-6-22(26)27/h2,4-5,7-10,17H,3,6,11-16H2,1H3. The van der Waals surface area contributed by atoms with E-state index in [9.17, 15) is 9.59 Å². The van der Waals surface area contributed by atoms with E-state index in [1.807, 2.05) is 52.3 Å². The molecule has 2 saturated heterocycles. The minimum atomic E-state index is 0.153. The van der Waals surface area contributed by atoms with Crippen molar-refractivity contribution in [2.45, 2.75) is 19.3 Å². The highest BCUT2D eigenvalue weighted by atomic mass is 16.5. The van der Waals surface area contributed by atoms with Gasteiger partial charge in [0.05, 0.1) is 13.5 Å². The second-order valence-corrected chi connectivity index (χ2v) is 7.56. The molecule has 0 radical (unpaired) electrons. The molecule has 2 aromatic carbocycles. The average molecular weight is 393 g/mol. The van der Waals surface area contributed by atoms with E-state index in [4.69, 9.17) is 4.74 Å². The van der Waals surface area contributed by atoms with Crippen molar-refractivity contribution in [3.63, 3.8) is 0 Å². The van der Waals surface area contributed by atoms with Crippen LogP contribution in [0.3, 0.4) is 0 Å². The summed E-state index contributed by atoms with van der Waals surface area (Å²) in [6.07, 6.45) is 1.94. The van der Waals surface area contributed by atoms with Gasteiger partial charge in [-0.3, -0.25) is 9.59 Å². The topological polar surface area (TPSA) is 53.1 Å². The van der Waals surface area contributed by atoms with Crippen molar-refractivity contribution in [2.75, 3.05) is 49.6 Å². The Balaban J connectivity index is 1.31. The monoisotopic (exact) mass is 393 g/mol. The number of hydrogen-bond acceptors (Lipinski definition) is 4. The SMILES string of the molecule is COc1cccc(N2CCN(C(=O)Cc3ccc(N4CCCC4=O)cc3)CC2)c1. The van der Waals surface area contributed by atoms with Crippen LogP contribution >= 0.6 is 0 Å². The second kappa shape index (κ2) is 8.55. The maximum absolute atomic E-state index is 12.7. The van der Waals surface area contributed by atoms with E-state index in [2.05, 4.69) is 11.0 Å². The molecule has 0 bridgehead atoms. The summed E-state index contributed by atoms with van der Waals surface area (Å²) in [6, 6.07) is 15.9. The summed E-state index contributed by atoms with van der Waals surface area (Å²) < 4.78 is 5.31. The molecule has 0 spiro atoms. The molecule has 4 rings (SSSR count). The van der Waals surface area contributed by atoms with Crippen LogP contribution in [0.1, 0.15) is 18.4 Å². The molecule has 2 heterocycles. The quantitative estimate of drug-likeness (QED) is 0.784. The zero-order valence-corrected chi connectivity index (χ0v) is 16.8. The van der Waals surface area contributed by atoms with Crippen LogP contribution in [0.15, 0.2) is 48.5 Å². The zero-order chi connectivity index (χ0) is 20.2. The summed E-state index contributed by atoms with van der Waals surface area (Å²) in [4.78, 5) is 30.6. The summed E-state index contributed by atoms with van der Waals surface area (Å²) in [5.74, 6) is 1.18. The van der Waals surface area contributed by atoms with Gasteiger partial charge in [0.15, 0.2) is 0 Å². The lowest BCUT2D eigenvalue weighted by Crippen LogP contribution is -2.49. The third kappa shape index (κ3) is 4.36. The number of carbonyl (C=O) groups is 2. The Labute approximate surface area is 171 Å². The zero-order valence-electron chi connectivity index (χ0n) is 16.8. The first-order valence-corrected chi connectivity index (χ1v) is 10.2. The van der Waals surface area contributed by atoms with Crippen molar-refractivity contribution in [1.82, 2.24) is 4.90 Å². The van der Waals surface area contributed by atoms with Crippen molar-refractivity contribution < 1.29 is 14.3 Å².